The van der Waals surface area contributed by atoms with Crippen molar-refractivity contribution in [3.63, 3.8) is 0 Å². The zero-order chi connectivity index (χ0) is 21.9. The van der Waals surface area contributed by atoms with Crippen molar-refractivity contribution in [2.45, 2.75) is 38.3 Å². The van der Waals surface area contributed by atoms with E-state index in [1.54, 1.807) is 32.0 Å². The van der Waals surface area contributed by atoms with Crippen molar-refractivity contribution < 1.29 is 14.4 Å². The van der Waals surface area contributed by atoms with Crippen LogP contribution < -0.4 is 10.6 Å². The van der Waals surface area contributed by atoms with Gasteiger partial charge in [-0.3, -0.25) is 14.5 Å². The van der Waals surface area contributed by atoms with Crippen LogP contribution in [0.25, 0.3) is 0 Å². The molecule has 0 radical (unpaired) electrons. The van der Waals surface area contributed by atoms with Gasteiger partial charge in [-0.15, -0.1) is 0 Å². The molecule has 30 heavy (non-hydrogen) atoms. The van der Waals surface area contributed by atoms with Crippen molar-refractivity contribution in [3.8, 4) is 0 Å². The Balaban J connectivity index is 1.60. The topological polar surface area (TPSA) is 78.5 Å². The first kappa shape index (κ1) is 22.1. The van der Waals surface area contributed by atoms with Gasteiger partial charge in [0.05, 0.1) is 16.1 Å². The maximum atomic E-state index is 12.9. The molecule has 158 valence electrons. The number of amides is 4. The van der Waals surface area contributed by atoms with Crippen molar-refractivity contribution >= 4 is 41.0 Å². The summed E-state index contributed by atoms with van der Waals surface area (Å²) in [6.45, 7) is 3.12. The highest BCUT2D eigenvalue weighted by atomic mass is 35.5. The highest BCUT2D eigenvalue weighted by Crippen LogP contribution is 2.26. The average Bonchev–Trinajstić information content (AvgIpc) is 2.92. The Morgan fingerprint density at radius 3 is 2.50 bits per heavy atom. The Labute approximate surface area is 185 Å². The molecule has 6 nitrogen and oxygen atoms in total. The van der Waals surface area contributed by atoms with Crippen molar-refractivity contribution in [2.75, 3.05) is 6.54 Å². The first-order chi connectivity index (χ1) is 14.2. The first-order valence-electron chi connectivity index (χ1n) is 9.62. The monoisotopic (exact) mass is 447 g/mol. The number of imide groups is 1. The predicted molar refractivity (Wildman–Crippen MR) is 116 cm³/mol. The summed E-state index contributed by atoms with van der Waals surface area (Å²) in [4.78, 5) is 38.7. The third-order valence-electron chi connectivity index (χ3n) is 5.22. The zero-order valence-electron chi connectivity index (χ0n) is 16.7. The second-order valence-corrected chi connectivity index (χ2v) is 8.42. The van der Waals surface area contributed by atoms with Crippen molar-refractivity contribution in [3.05, 3.63) is 69.7 Å². The molecule has 1 aliphatic heterocycles. The molecule has 0 bridgehead atoms. The summed E-state index contributed by atoms with van der Waals surface area (Å²) in [6.07, 6.45) is 1.08. The first-order valence-corrected chi connectivity index (χ1v) is 10.4. The molecule has 0 aliphatic carbocycles. The third-order valence-corrected chi connectivity index (χ3v) is 5.96. The number of aryl methyl sites for hydroxylation is 1. The fraction of sp³-hybridized carbons (Fsp3) is 0.318. The Hall–Kier alpha value is -2.57. The van der Waals surface area contributed by atoms with Crippen LogP contribution in [0.4, 0.5) is 4.79 Å². The van der Waals surface area contributed by atoms with Gasteiger partial charge in [0.15, 0.2) is 0 Å². The Kier molecular flexibility index (Phi) is 6.68. The summed E-state index contributed by atoms with van der Waals surface area (Å²) in [5, 5.41) is 6.32. The number of nitrogens with one attached hydrogen (secondary N) is 2. The number of hydrogen-bond donors (Lipinski definition) is 2. The molecule has 0 spiro atoms. The summed E-state index contributed by atoms with van der Waals surface area (Å²) in [7, 11) is 0. The van der Waals surface area contributed by atoms with Gasteiger partial charge in [-0.2, -0.15) is 0 Å². The minimum absolute atomic E-state index is 0.350. The lowest BCUT2D eigenvalue weighted by molar-refractivity contribution is -0.134. The fourth-order valence-electron chi connectivity index (χ4n) is 3.39. The van der Waals surface area contributed by atoms with E-state index in [-0.39, 0.29) is 12.6 Å². The molecule has 1 fully saturated rings. The van der Waals surface area contributed by atoms with Gasteiger partial charge in [-0.05, 0) is 49.9 Å². The number of carbonyl (C=O) groups is 3. The number of nitrogens with zero attached hydrogens (tertiary/aromatic N) is 1. The Morgan fingerprint density at radius 2 is 1.83 bits per heavy atom. The van der Waals surface area contributed by atoms with Crippen LogP contribution in [0.2, 0.25) is 10.0 Å². The van der Waals surface area contributed by atoms with Crippen LogP contribution in [-0.2, 0) is 16.0 Å². The Bertz CT molecular complexity index is 967. The smallest absolute Gasteiger partial charge is 0.325 e. The minimum Gasteiger partial charge on any atom is -0.348 e. The quantitative estimate of drug-likeness (QED) is 0.626. The van der Waals surface area contributed by atoms with E-state index in [0.717, 1.165) is 16.0 Å². The summed E-state index contributed by atoms with van der Waals surface area (Å²) in [5.74, 6) is -0.842. The molecule has 2 N–H and O–H groups in total. The van der Waals surface area contributed by atoms with Crippen LogP contribution in [0.1, 0.15) is 37.4 Å². The van der Waals surface area contributed by atoms with Gasteiger partial charge >= 0.3 is 6.03 Å². The zero-order valence-corrected chi connectivity index (χ0v) is 18.3. The molecule has 8 heteroatoms. The van der Waals surface area contributed by atoms with Crippen molar-refractivity contribution in [1.82, 2.24) is 15.5 Å². The van der Waals surface area contributed by atoms with Crippen LogP contribution in [-0.4, -0.2) is 34.8 Å². The van der Waals surface area contributed by atoms with E-state index in [4.69, 9.17) is 23.2 Å². The number of benzene rings is 2. The summed E-state index contributed by atoms with van der Waals surface area (Å²) in [5.41, 5.74) is 0.803. The molecule has 3 rings (SSSR count). The van der Waals surface area contributed by atoms with Crippen LogP contribution >= 0.6 is 23.2 Å². The van der Waals surface area contributed by atoms with Crippen LogP contribution in [0, 0.1) is 0 Å². The molecule has 0 aromatic heterocycles. The molecule has 1 heterocycles. The largest absolute Gasteiger partial charge is 0.348 e. The van der Waals surface area contributed by atoms with Gasteiger partial charge < -0.3 is 10.6 Å². The summed E-state index contributed by atoms with van der Waals surface area (Å²) < 4.78 is 0. The lowest BCUT2D eigenvalue weighted by atomic mass is 9.93. The molecule has 2 atom stereocenters. The van der Waals surface area contributed by atoms with E-state index in [2.05, 4.69) is 10.6 Å². The molecule has 0 saturated carbocycles. The van der Waals surface area contributed by atoms with E-state index < -0.39 is 23.4 Å². The normalized spacial score (nSPS) is 19.5. The summed E-state index contributed by atoms with van der Waals surface area (Å²) >= 11 is 11.9. The van der Waals surface area contributed by atoms with E-state index in [9.17, 15) is 14.4 Å². The van der Waals surface area contributed by atoms with Gasteiger partial charge in [0.2, 0.25) is 5.91 Å². The third kappa shape index (κ3) is 4.94. The molecule has 2 aromatic rings. The lowest BCUT2D eigenvalue weighted by Gasteiger charge is -2.22. The number of carbonyl (C=O) groups excluding carboxylic acids is 3. The second kappa shape index (κ2) is 9.06. The van der Waals surface area contributed by atoms with Gasteiger partial charge in [0.25, 0.3) is 5.91 Å². The van der Waals surface area contributed by atoms with E-state index in [1.807, 2.05) is 30.3 Å². The number of urea groups is 1. The van der Waals surface area contributed by atoms with Crippen LogP contribution in [0.3, 0.4) is 0 Å². The van der Waals surface area contributed by atoms with Gasteiger partial charge in [0, 0.05) is 0 Å². The lowest BCUT2D eigenvalue weighted by Crippen LogP contribution is -2.45. The summed E-state index contributed by atoms with van der Waals surface area (Å²) in [6, 6.07) is 13.9. The number of rotatable bonds is 7. The highest BCUT2D eigenvalue weighted by molar-refractivity contribution is 6.42. The van der Waals surface area contributed by atoms with Gasteiger partial charge in [-0.25, -0.2) is 4.79 Å². The molecular weight excluding hydrogens is 425 g/mol. The van der Waals surface area contributed by atoms with E-state index in [1.165, 1.54) is 0 Å². The highest BCUT2D eigenvalue weighted by Gasteiger charge is 2.47. The standard InChI is InChI=1S/C22H23Cl2N3O3/c1-14(16-8-9-17(23)18(24)12-16)25-19(28)13-27-20(29)22(2,26-21(27)30)11-10-15-6-4-3-5-7-15/h3-9,12,14H,10-11,13H2,1-2H3,(H,25,28)(H,26,30)/t14-,22+/m1/s1. The molecule has 2 aromatic carbocycles. The molecule has 1 saturated heterocycles. The maximum Gasteiger partial charge on any atom is 0.325 e. The fourth-order valence-corrected chi connectivity index (χ4v) is 3.70. The van der Waals surface area contributed by atoms with Crippen molar-refractivity contribution in [1.29, 1.82) is 0 Å². The average molecular weight is 448 g/mol. The molecule has 1 aliphatic rings. The van der Waals surface area contributed by atoms with Gasteiger partial charge in [-0.1, -0.05) is 59.6 Å². The molecule has 0 unspecified atom stereocenters. The van der Waals surface area contributed by atoms with Crippen LogP contribution in [0.15, 0.2) is 48.5 Å². The second-order valence-electron chi connectivity index (χ2n) is 7.60. The molecule has 4 amide bonds. The Morgan fingerprint density at radius 1 is 1.13 bits per heavy atom. The van der Waals surface area contributed by atoms with E-state index >= 15 is 0 Å². The predicted octanol–water partition coefficient (Wildman–Crippen LogP) is 4.11. The molecular formula is C22H23Cl2N3O3. The maximum absolute atomic E-state index is 12.9. The number of hydrogen-bond acceptors (Lipinski definition) is 3. The van der Waals surface area contributed by atoms with E-state index in [0.29, 0.717) is 22.9 Å². The number of halogens is 2. The minimum atomic E-state index is -1.04. The SMILES string of the molecule is C[C@@H](NC(=O)CN1C(=O)N[C@@](C)(CCc2ccccc2)C1=O)c1ccc(Cl)c(Cl)c1. The van der Waals surface area contributed by atoms with Gasteiger partial charge in [0.1, 0.15) is 12.1 Å². The van der Waals surface area contributed by atoms with Crippen LogP contribution in [0.5, 0.6) is 0 Å². The van der Waals surface area contributed by atoms with Crippen molar-refractivity contribution in [2.24, 2.45) is 0 Å².